The molecule has 1 saturated heterocycles. The van der Waals surface area contributed by atoms with Crippen molar-refractivity contribution in [2.24, 2.45) is 11.8 Å². The maximum atomic E-state index is 5.41. The third kappa shape index (κ3) is 4.31. The van der Waals surface area contributed by atoms with Crippen molar-refractivity contribution >= 4 is 28.3 Å². The number of hydrogen-bond donors (Lipinski definition) is 0. The van der Waals surface area contributed by atoms with E-state index in [4.69, 9.17) is 12.2 Å². The van der Waals surface area contributed by atoms with Crippen LogP contribution in [0.2, 0.25) is 0 Å². The minimum Gasteiger partial charge on any atom is -0.354 e. The summed E-state index contributed by atoms with van der Waals surface area (Å²) in [6, 6.07) is 0.674. The van der Waals surface area contributed by atoms with Crippen molar-refractivity contribution in [1.82, 2.24) is 4.90 Å². The van der Waals surface area contributed by atoms with Gasteiger partial charge in [-0.1, -0.05) is 51.7 Å². The first-order chi connectivity index (χ1) is 7.00. The molecule has 1 nitrogen and oxygen atoms in total. The van der Waals surface area contributed by atoms with Gasteiger partial charge in [-0.05, 0) is 24.7 Å². The zero-order valence-corrected chi connectivity index (χ0v) is 12.0. The van der Waals surface area contributed by atoms with E-state index in [9.17, 15) is 0 Å². The minimum atomic E-state index is 0.674. The van der Waals surface area contributed by atoms with E-state index in [0.29, 0.717) is 6.04 Å². The molecule has 0 N–H and O–H groups in total. The largest absolute Gasteiger partial charge is 0.354 e. The predicted octanol–water partition coefficient (Wildman–Crippen LogP) is 3.78. The zero-order chi connectivity index (χ0) is 11.4. The van der Waals surface area contributed by atoms with Crippen LogP contribution in [0.3, 0.4) is 0 Å². The topological polar surface area (TPSA) is 3.24 Å². The average molecular weight is 245 g/mol. The van der Waals surface area contributed by atoms with Crippen LogP contribution in [0.1, 0.15) is 40.5 Å². The van der Waals surface area contributed by atoms with Crippen LogP contribution >= 0.6 is 24.0 Å². The number of nitrogens with zero attached hydrogens (tertiary/aromatic N) is 1. The Kier molecular flexibility index (Phi) is 5.41. The summed E-state index contributed by atoms with van der Waals surface area (Å²) in [6.45, 7) is 10.4. The lowest BCUT2D eigenvalue weighted by Gasteiger charge is -2.31. The van der Waals surface area contributed by atoms with Gasteiger partial charge in [0.25, 0.3) is 0 Å². The SMILES string of the molecule is CC(C)CC(CC(C)C)N1CCSC1=S. The summed E-state index contributed by atoms with van der Waals surface area (Å²) in [5.41, 5.74) is 0. The van der Waals surface area contributed by atoms with E-state index in [1.54, 1.807) is 0 Å². The van der Waals surface area contributed by atoms with Gasteiger partial charge in [-0.3, -0.25) is 0 Å². The van der Waals surface area contributed by atoms with E-state index in [1.807, 2.05) is 11.8 Å². The zero-order valence-electron chi connectivity index (χ0n) is 10.3. The molecule has 1 heterocycles. The summed E-state index contributed by atoms with van der Waals surface area (Å²) in [5, 5.41) is 0. The van der Waals surface area contributed by atoms with Gasteiger partial charge >= 0.3 is 0 Å². The molecule has 3 heteroatoms. The van der Waals surface area contributed by atoms with Crippen LogP contribution in [0, 0.1) is 11.8 Å². The van der Waals surface area contributed by atoms with Gasteiger partial charge in [0.05, 0.1) is 0 Å². The first-order valence-corrected chi connectivity index (χ1v) is 7.33. The molecule has 0 aromatic carbocycles. The molecule has 1 fully saturated rings. The van der Waals surface area contributed by atoms with Gasteiger partial charge < -0.3 is 4.90 Å². The average Bonchev–Trinajstić information content (AvgIpc) is 2.48. The highest BCUT2D eigenvalue weighted by Crippen LogP contribution is 2.27. The number of rotatable bonds is 5. The van der Waals surface area contributed by atoms with Gasteiger partial charge in [0.2, 0.25) is 0 Å². The van der Waals surface area contributed by atoms with Crippen LogP contribution in [0.5, 0.6) is 0 Å². The minimum absolute atomic E-state index is 0.674. The lowest BCUT2D eigenvalue weighted by molar-refractivity contribution is 0.256. The maximum Gasteiger partial charge on any atom is 0.136 e. The standard InChI is InChI=1S/C12H23NS2/c1-9(2)7-11(8-10(3)4)13-5-6-15-12(13)14/h9-11H,5-8H2,1-4H3. The van der Waals surface area contributed by atoms with Crippen molar-refractivity contribution < 1.29 is 0 Å². The van der Waals surface area contributed by atoms with Crippen molar-refractivity contribution in [3.8, 4) is 0 Å². The number of hydrogen-bond acceptors (Lipinski definition) is 2. The molecule has 1 aliphatic rings. The summed E-state index contributed by atoms with van der Waals surface area (Å²) in [5.74, 6) is 2.72. The Morgan fingerprint density at radius 2 is 1.73 bits per heavy atom. The molecule has 0 aromatic rings. The van der Waals surface area contributed by atoms with E-state index in [0.717, 1.165) is 22.7 Å². The van der Waals surface area contributed by atoms with Crippen molar-refractivity contribution in [2.45, 2.75) is 46.6 Å². The molecule has 0 aromatic heterocycles. The Morgan fingerprint density at radius 3 is 2.07 bits per heavy atom. The van der Waals surface area contributed by atoms with Crippen LogP contribution in [0.15, 0.2) is 0 Å². The third-order valence-corrected chi connectivity index (χ3v) is 4.18. The molecule has 88 valence electrons. The lowest BCUT2D eigenvalue weighted by atomic mass is 9.95. The van der Waals surface area contributed by atoms with Gasteiger partial charge in [0, 0.05) is 18.3 Å². The Hall–Kier alpha value is 0.240. The molecule has 15 heavy (non-hydrogen) atoms. The van der Waals surface area contributed by atoms with E-state index >= 15 is 0 Å². The van der Waals surface area contributed by atoms with Gasteiger partial charge in [0.1, 0.15) is 4.32 Å². The van der Waals surface area contributed by atoms with E-state index in [2.05, 4.69) is 32.6 Å². The first-order valence-electron chi connectivity index (χ1n) is 5.94. The van der Waals surface area contributed by atoms with Crippen LogP contribution in [-0.2, 0) is 0 Å². The van der Waals surface area contributed by atoms with Crippen molar-refractivity contribution in [3.05, 3.63) is 0 Å². The molecule has 0 spiro atoms. The quantitative estimate of drug-likeness (QED) is 0.679. The van der Waals surface area contributed by atoms with Crippen LogP contribution in [0.25, 0.3) is 0 Å². The van der Waals surface area contributed by atoms with Gasteiger partial charge in [-0.2, -0.15) is 0 Å². The summed E-state index contributed by atoms with van der Waals surface area (Å²) < 4.78 is 1.13. The van der Waals surface area contributed by atoms with Crippen molar-refractivity contribution in [2.75, 3.05) is 12.3 Å². The third-order valence-electron chi connectivity index (χ3n) is 2.72. The predicted molar refractivity (Wildman–Crippen MR) is 74.5 cm³/mol. The van der Waals surface area contributed by atoms with E-state index in [-0.39, 0.29) is 0 Å². The van der Waals surface area contributed by atoms with Crippen LogP contribution in [0.4, 0.5) is 0 Å². The smallest absolute Gasteiger partial charge is 0.136 e. The molecule has 0 unspecified atom stereocenters. The second-order valence-electron chi connectivity index (χ2n) is 5.22. The highest BCUT2D eigenvalue weighted by molar-refractivity contribution is 8.23. The second kappa shape index (κ2) is 6.09. The van der Waals surface area contributed by atoms with Crippen LogP contribution < -0.4 is 0 Å². The molecular weight excluding hydrogens is 222 g/mol. The Morgan fingerprint density at radius 1 is 1.20 bits per heavy atom. The fraction of sp³-hybridized carbons (Fsp3) is 0.917. The van der Waals surface area contributed by atoms with Gasteiger partial charge in [-0.25, -0.2) is 0 Å². The highest BCUT2D eigenvalue weighted by Gasteiger charge is 2.26. The molecule has 0 saturated carbocycles. The summed E-state index contributed by atoms with van der Waals surface area (Å²) >= 11 is 7.26. The maximum absolute atomic E-state index is 5.41. The molecule has 0 radical (unpaired) electrons. The fourth-order valence-electron chi connectivity index (χ4n) is 2.18. The molecule has 0 atom stereocenters. The Balaban J connectivity index is 2.57. The summed E-state index contributed by atoms with van der Waals surface area (Å²) in [6.07, 6.45) is 2.55. The Bertz CT molecular complexity index is 204. The number of thiocarbonyl (C=S) groups is 1. The van der Waals surface area contributed by atoms with Crippen molar-refractivity contribution in [1.29, 1.82) is 0 Å². The molecular formula is C12H23NS2. The van der Waals surface area contributed by atoms with E-state index < -0.39 is 0 Å². The number of thioether (sulfide) groups is 1. The monoisotopic (exact) mass is 245 g/mol. The summed E-state index contributed by atoms with van der Waals surface area (Å²) in [4.78, 5) is 2.46. The fourth-order valence-corrected chi connectivity index (χ4v) is 3.54. The Labute approximate surface area is 104 Å². The second-order valence-corrected chi connectivity index (χ2v) is 6.95. The van der Waals surface area contributed by atoms with Crippen molar-refractivity contribution in [3.63, 3.8) is 0 Å². The first kappa shape index (κ1) is 13.3. The molecule has 1 aliphatic heterocycles. The normalized spacial score (nSPS) is 17.5. The molecule has 0 amide bonds. The molecule has 0 bridgehead atoms. The van der Waals surface area contributed by atoms with Gasteiger partial charge in [0.15, 0.2) is 0 Å². The van der Waals surface area contributed by atoms with Crippen LogP contribution in [-0.4, -0.2) is 27.6 Å². The molecule has 0 aliphatic carbocycles. The highest BCUT2D eigenvalue weighted by atomic mass is 32.2. The molecule has 1 rings (SSSR count). The summed E-state index contributed by atoms with van der Waals surface area (Å²) in [7, 11) is 0. The van der Waals surface area contributed by atoms with Gasteiger partial charge in [-0.15, -0.1) is 0 Å². The lowest BCUT2D eigenvalue weighted by Crippen LogP contribution is -2.37. The van der Waals surface area contributed by atoms with E-state index in [1.165, 1.54) is 18.6 Å².